The molecule has 0 atom stereocenters. The lowest BCUT2D eigenvalue weighted by atomic mass is 10.1. The van der Waals surface area contributed by atoms with Crippen LogP contribution in [0.2, 0.25) is 0 Å². The van der Waals surface area contributed by atoms with E-state index >= 15 is 0 Å². The van der Waals surface area contributed by atoms with Crippen molar-refractivity contribution in [3.8, 4) is 18.1 Å². The minimum atomic E-state index is -0.268. The molecule has 4 heteroatoms. The molecule has 108 valence electrons. The molecular formula is C17H15BrFNO. The van der Waals surface area contributed by atoms with Gasteiger partial charge in [0.05, 0.1) is 4.47 Å². The molecule has 1 N–H and O–H groups in total. The van der Waals surface area contributed by atoms with Crippen molar-refractivity contribution in [3.63, 3.8) is 0 Å². The van der Waals surface area contributed by atoms with Crippen LogP contribution < -0.4 is 10.1 Å². The predicted octanol–water partition coefficient (Wildman–Crippen LogP) is 4.52. The topological polar surface area (TPSA) is 21.3 Å². The van der Waals surface area contributed by atoms with E-state index in [0.29, 0.717) is 11.0 Å². The SMILES string of the molecule is C#CCOc1ccccc1CNc1cc(Br)c(F)cc1C. The average Bonchev–Trinajstić information content (AvgIpc) is 2.48. The quantitative estimate of drug-likeness (QED) is 0.802. The van der Waals surface area contributed by atoms with E-state index in [4.69, 9.17) is 11.2 Å². The normalized spacial score (nSPS) is 10.0. The smallest absolute Gasteiger partial charge is 0.148 e. The van der Waals surface area contributed by atoms with E-state index < -0.39 is 0 Å². The van der Waals surface area contributed by atoms with Crippen LogP contribution in [-0.4, -0.2) is 6.61 Å². The van der Waals surface area contributed by atoms with Gasteiger partial charge in [0.1, 0.15) is 18.2 Å². The molecule has 2 aromatic carbocycles. The Hall–Kier alpha value is -1.99. The lowest BCUT2D eigenvalue weighted by molar-refractivity contribution is 0.366. The largest absolute Gasteiger partial charge is 0.481 e. The summed E-state index contributed by atoms with van der Waals surface area (Å²) in [5, 5.41) is 3.29. The Morgan fingerprint density at radius 1 is 1.33 bits per heavy atom. The Morgan fingerprint density at radius 3 is 2.86 bits per heavy atom. The lowest BCUT2D eigenvalue weighted by Crippen LogP contribution is -2.05. The number of hydrogen-bond acceptors (Lipinski definition) is 2. The van der Waals surface area contributed by atoms with Crippen LogP contribution in [0.4, 0.5) is 10.1 Å². The molecule has 0 spiro atoms. The van der Waals surface area contributed by atoms with Gasteiger partial charge in [0.15, 0.2) is 0 Å². The van der Waals surface area contributed by atoms with Crippen LogP contribution in [-0.2, 0) is 6.54 Å². The molecule has 0 aliphatic rings. The first kappa shape index (κ1) is 15.4. The molecule has 0 amide bonds. The van der Waals surface area contributed by atoms with E-state index in [1.54, 1.807) is 6.07 Å². The molecule has 0 saturated heterocycles. The van der Waals surface area contributed by atoms with Gasteiger partial charge in [-0.2, -0.15) is 0 Å². The van der Waals surface area contributed by atoms with Crippen molar-refractivity contribution in [2.24, 2.45) is 0 Å². The van der Waals surface area contributed by atoms with E-state index in [1.807, 2.05) is 31.2 Å². The molecule has 0 aliphatic heterocycles. The highest BCUT2D eigenvalue weighted by Crippen LogP contribution is 2.26. The lowest BCUT2D eigenvalue weighted by Gasteiger charge is -2.13. The molecule has 2 rings (SSSR count). The number of anilines is 1. The van der Waals surface area contributed by atoms with E-state index in [-0.39, 0.29) is 12.4 Å². The van der Waals surface area contributed by atoms with Crippen LogP contribution in [0.3, 0.4) is 0 Å². The zero-order chi connectivity index (χ0) is 15.2. The maximum Gasteiger partial charge on any atom is 0.148 e. The molecule has 0 radical (unpaired) electrons. The number of nitrogens with one attached hydrogen (secondary N) is 1. The molecule has 0 heterocycles. The van der Waals surface area contributed by atoms with Gasteiger partial charge in [-0.15, -0.1) is 6.42 Å². The van der Waals surface area contributed by atoms with E-state index in [2.05, 4.69) is 27.2 Å². The standard InChI is InChI=1S/C17H15BrFNO/c1-3-8-21-17-7-5-4-6-13(17)11-20-16-10-14(18)15(19)9-12(16)2/h1,4-7,9-10,20H,8,11H2,2H3. The van der Waals surface area contributed by atoms with Gasteiger partial charge in [-0.25, -0.2) is 4.39 Å². The maximum absolute atomic E-state index is 13.4. The molecule has 0 fully saturated rings. The monoisotopic (exact) mass is 347 g/mol. The van der Waals surface area contributed by atoms with Gasteiger partial charge in [-0.1, -0.05) is 24.1 Å². The first-order valence-electron chi connectivity index (χ1n) is 6.45. The molecule has 0 aliphatic carbocycles. The van der Waals surface area contributed by atoms with Crippen molar-refractivity contribution in [3.05, 3.63) is 57.8 Å². The average molecular weight is 348 g/mol. The highest BCUT2D eigenvalue weighted by atomic mass is 79.9. The summed E-state index contributed by atoms with van der Waals surface area (Å²) in [4.78, 5) is 0. The molecule has 2 aromatic rings. The van der Waals surface area contributed by atoms with E-state index in [0.717, 1.165) is 22.6 Å². The summed E-state index contributed by atoms with van der Waals surface area (Å²) in [5.74, 6) is 2.93. The fourth-order valence-corrected chi connectivity index (χ4v) is 2.28. The second-order valence-corrected chi connectivity index (χ2v) is 5.39. The van der Waals surface area contributed by atoms with Crippen molar-refractivity contribution in [1.82, 2.24) is 0 Å². The summed E-state index contributed by atoms with van der Waals surface area (Å²) in [7, 11) is 0. The van der Waals surface area contributed by atoms with Crippen LogP contribution in [0.15, 0.2) is 40.9 Å². The summed E-state index contributed by atoms with van der Waals surface area (Å²) in [6, 6.07) is 10.9. The first-order chi connectivity index (χ1) is 10.1. The van der Waals surface area contributed by atoms with Gasteiger partial charge in [0.2, 0.25) is 0 Å². The van der Waals surface area contributed by atoms with Gasteiger partial charge < -0.3 is 10.1 Å². The summed E-state index contributed by atoms with van der Waals surface area (Å²) < 4.78 is 19.4. The number of aryl methyl sites for hydroxylation is 1. The number of ether oxygens (including phenoxy) is 1. The molecule has 0 bridgehead atoms. The molecule has 0 aromatic heterocycles. The number of terminal acetylenes is 1. The minimum Gasteiger partial charge on any atom is -0.481 e. The molecular weight excluding hydrogens is 333 g/mol. The highest BCUT2D eigenvalue weighted by Gasteiger charge is 2.07. The van der Waals surface area contributed by atoms with E-state index in [1.165, 1.54) is 6.07 Å². The highest BCUT2D eigenvalue weighted by molar-refractivity contribution is 9.10. The number of benzene rings is 2. The van der Waals surface area contributed by atoms with Crippen molar-refractivity contribution >= 4 is 21.6 Å². The Kier molecular flexibility index (Phi) is 5.24. The van der Waals surface area contributed by atoms with Crippen molar-refractivity contribution in [1.29, 1.82) is 0 Å². The Labute approximate surface area is 132 Å². The fourth-order valence-electron chi connectivity index (χ4n) is 1.94. The van der Waals surface area contributed by atoms with Crippen LogP contribution in [0.5, 0.6) is 5.75 Å². The molecule has 2 nitrogen and oxygen atoms in total. The predicted molar refractivity (Wildman–Crippen MR) is 86.9 cm³/mol. The van der Waals surface area contributed by atoms with Gasteiger partial charge >= 0.3 is 0 Å². The zero-order valence-corrected chi connectivity index (χ0v) is 13.2. The second kappa shape index (κ2) is 7.14. The van der Waals surface area contributed by atoms with Gasteiger partial charge in [0, 0.05) is 17.8 Å². The second-order valence-electron chi connectivity index (χ2n) is 4.54. The number of hydrogen-bond donors (Lipinski definition) is 1. The fraction of sp³-hybridized carbons (Fsp3) is 0.176. The third-order valence-corrected chi connectivity index (χ3v) is 3.63. The van der Waals surface area contributed by atoms with Crippen LogP contribution in [0, 0.1) is 25.1 Å². The molecule has 21 heavy (non-hydrogen) atoms. The molecule has 0 unspecified atom stereocenters. The van der Waals surface area contributed by atoms with Crippen LogP contribution in [0.1, 0.15) is 11.1 Å². The van der Waals surface area contributed by atoms with Crippen LogP contribution in [0.25, 0.3) is 0 Å². The van der Waals surface area contributed by atoms with Gasteiger partial charge in [0.25, 0.3) is 0 Å². The first-order valence-corrected chi connectivity index (χ1v) is 7.25. The van der Waals surface area contributed by atoms with E-state index in [9.17, 15) is 4.39 Å². The number of para-hydroxylation sites is 1. The third kappa shape index (κ3) is 3.99. The maximum atomic E-state index is 13.4. The Bertz CT molecular complexity index is 679. The molecule has 0 saturated carbocycles. The van der Waals surface area contributed by atoms with Gasteiger partial charge in [-0.05, 0) is 46.6 Å². The van der Waals surface area contributed by atoms with Crippen molar-refractivity contribution < 1.29 is 9.13 Å². The van der Waals surface area contributed by atoms with Crippen molar-refractivity contribution in [2.75, 3.05) is 11.9 Å². The Morgan fingerprint density at radius 2 is 2.10 bits per heavy atom. The van der Waals surface area contributed by atoms with Crippen LogP contribution >= 0.6 is 15.9 Å². The number of rotatable bonds is 5. The van der Waals surface area contributed by atoms with Crippen molar-refractivity contribution in [2.45, 2.75) is 13.5 Å². The zero-order valence-electron chi connectivity index (χ0n) is 11.6. The number of halogens is 2. The summed E-state index contributed by atoms with van der Waals surface area (Å²) in [6.45, 7) is 2.66. The van der Waals surface area contributed by atoms with Gasteiger partial charge in [-0.3, -0.25) is 0 Å². The summed E-state index contributed by atoms with van der Waals surface area (Å²) in [6.07, 6.45) is 5.21. The summed E-state index contributed by atoms with van der Waals surface area (Å²) >= 11 is 3.19. The Balaban J connectivity index is 2.13. The minimum absolute atomic E-state index is 0.234. The third-order valence-electron chi connectivity index (χ3n) is 3.02. The summed E-state index contributed by atoms with van der Waals surface area (Å²) in [5.41, 5.74) is 2.71.